The Hall–Kier alpha value is -4.77. The molecule has 4 aromatic rings. The lowest BCUT2D eigenvalue weighted by Crippen LogP contribution is -2.41. The number of nitrogens with zero attached hydrogens (tertiary/aromatic N) is 11. The molecule has 8 rings (SSSR count). The molecule has 0 radical (unpaired) electrons. The van der Waals surface area contributed by atoms with Crippen LogP contribution in [0.5, 0.6) is 11.5 Å². The summed E-state index contributed by atoms with van der Waals surface area (Å²) < 4.78 is 79.1. The van der Waals surface area contributed by atoms with Crippen molar-refractivity contribution < 1.29 is 50.5 Å². The lowest BCUT2D eigenvalue weighted by molar-refractivity contribution is -0.142. The van der Waals surface area contributed by atoms with Crippen LogP contribution in [0.4, 0.5) is 0 Å². The molecule has 432 valence electrons. The molecule has 4 aliphatic heterocycles. The second kappa shape index (κ2) is 30.6. The van der Waals surface area contributed by atoms with E-state index in [9.17, 15) is 26.4 Å². The second-order valence-electron chi connectivity index (χ2n) is 19.4. The first-order valence-electron chi connectivity index (χ1n) is 25.7. The fraction of sp³-hybridized carbons (Fsp3) is 0.647. The van der Waals surface area contributed by atoms with Crippen molar-refractivity contribution in [2.45, 2.75) is 123 Å². The first-order chi connectivity index (χ1) is 35.8. The van der Waals surface area contributed by atoms with Gasteiger partial charge in [-0.2, -0.15) is 22.1 Å². The van der Waals surface area contributed by atoms with Crippen LogP contribution in [0.1, 0.15) is 91.5 Å². The highest BCUT2D eigenvalue weighted by atomic mass is 32.2. The summed E-state index contributed by atoms with van der Waals surface area (Å²) in [5.41, 5.74) is 2.43. The van der Waals surface area contributed by atoms with E-state index in [1.54, 1.807) is 64.0 Å². The quantitative estimate of drug-likeness (QED) is 0.120. The Balaban J connectivity index is 0.000000271. The topological polar surface area (TPSA) is 249 Å². The predicted octanol–water partition coefficient (Wildman–Crippen LogP) is 3.72. The molecule has 0 aliphatic carbocycles. The highest BCUT2D eigenvalue weighted by Gasteiger charge is 2.29. The van der Waals surface area contributed by atoms with Crippen LogP contribution in [0.25, 0.3) is 0 Å². The summed E-state index contributed by atoms with van der Waals surface area (Å²) in [7, 11) is -1.36. The zero-order valence-corrected chi connectivity index (χ0v) is 48.2. The summed E-state index contributed by atoms with van der Waals surface area (Å²) in [6.07, 6.45) is 7.81. The number of carboxylic acids is 1. The van der Waals surface area contributed by atoms with E-state index in [1.807, 2.05) is 0 Å². The summed E-state index contributed by atoms with van der Waals surface area (Å²) in [6, 6.07) is 6.74. The van der Waals surface area contributed by atoms with E-state index >= 15 is 0 Å². The summed E-state index contributed by atoms with van der Waals surface area (Å²) in [5.74, 6) is 3.99. The molecule has 23 nitrogen and oxygen atoms in total. The molecule has 26 heteroatoms. The minimum absolute atomic E-state index is 0. The summed E-state index contributed by atoms with van der Waals surface area (Å²) >= 11 is 0. The van der Waals surface area contributed by atoms with Crippen LogP contribution in [-0.4, -0.2) is 194 Å². The normalized spacial score (nSPS) is 15.9. The standard InChI is InChI=1S/C25H38N6O5S.C14H21NO6S.C11H19N5.CH4.H2S/c1-19-14-21(35-4)15-20(2)25(19)37(33,34)28(3)12-13-36-18-24(32)30-10-11-31-22(26-27-23(31)17-30)16-29-8-6-5-7-9-29;1-10-7-12(20-4)8-11(2)14(10)22(18,19)15(3)5-6-21-9-13(16)17;1-2-5-15(6-3-1)9-11-14-13-10-8-12-4-7-16(10)11;;/h14-15H,5-13,16-18H2,1-4H3;7-8H,5-6,9H2,1-4H3,(H,16,17);12H,1-9H2;1H4;1H2. The molecule has 2 saturated heterocycles. The Morgan fingerprint density at radius 2 is 1.05 bits per heavy atom. The molecule has 0 unspecified atom stereocenters. The maximum Gasteiger partial charge on any atom is 0.329 e. The average Bonchev–Trinajstić information content (AvgIpc) is 3.99. The second-order valence-corrected chi connectivity index (χ2v) is 23.3. The Kier molecular flexibility index (Phi) is 25.7. The van der Waals surface area contributed by atoms with Crippen molar-refractivity contribution in [3.63, 3.8) is 0 Å². The lowest BCUT2D eigenvalue weighted by atomic mass is 10.1. The van der Waals surface area contributed by atoms with E-state index < -0.39 is 32.6 Å². The van der Waals surface area contributed by atoms with Crippen molar-refractivity contribution in [2.75, 3.05) is 107 Å². The van der Waals surface area contributed by atoms with Gasteiger partial charge in [0.2, 0.25) is 26.0 Å². The molecular weight excluding hydrogens is 1050 g/mol. The van der Waals surface area contributed by atoms with Crippen molar-refractivity contribution in [3.8, 4) is 11.5 Å². The molecule has 0 spiro atoms. The van der Waals surface area contributed by atoms with E-state index in [0.29, 0.717) is 53.4 Å². The van der Waals surface area contributed by atoms with Gasteiger partial charge in [-0.3, -0.25) is 14.6 Å². The first-order valence-corrected chi connectivity index (χ1v) is 28.6. The van der Waals surface area contributed by atoms with Gasteiger partial charge in [-0.15, -0.1) is 20.4 Å². The van der Waals surface area contributed by atoms with Gasteiger partial charge in [0.05, 0.1) is 63.4 Å². The number of nitrogens with one attached hydrogen (secondary N) is 1. The summed E-state index contributed by atoms with van der Waals surface area (Å²) in [6.45, 7) is 17.7. The molecule has 2 N–H and O–H groups in total. The van der Waals surface area contributed by atoms with Gasteiger partial charge in [-0.05, 0) is 126 Å². The molecule has 2 aromatic heterocycles. The number of likely N-dealkylation sites (N-methyl/N-ethyl adjacent to an activating group) is 2. The van der Waals surface area contributed by atoms with Gasteiger partial charge in [-0.1, -0.05) is 20.3 Å². The Bertz CT molecular complexity index is 2720. The number of methoxy groups -OCH3 is 2. The molecule has 77 heavy (non-hydrogen) atoms. The number of carbonyl (C=O) groups is 2. The van der Waals surface area contributed by atoms with Crippen LogP contribution >= 0.6 is 13.5 Å². The van der Waals surface area contributed by atoms with Crippen molar-refractivity contribution in [2.24, 2.45) is 0 Å². The molecule has 0 saturated carbocycles. The number of hydrogen-bond acceptors (Lipinski definition) is 17. The number of rotatable bonds is 20. The fourth-order valence-electron chi connectivity index (χ4n) is 9.67. The van der Waals surface area contributed by atoms with Crippen LogP contribution in [-0.2, 0) is 78.4 Å². The van der Waals surface area contributed by atoms with Crippen molar-refractivity contribution >= 4 is 45.4 Å². The van der Waals surface area contributed by atoms with Gasteiger partial charge < -0.3 is 43.4 Å². The van der Waals surface area contributed by atoms with Crippen molar-refractivity contribution in [1.29, 1.82) is 0 Å². The molecule has 1 amide bonds. The number of likely N-dealkylation sites (tertiary alicyclic amines) is 2. The summed E-state index contributed by atoms with van der Waals surface area (Å²) in [5, 5.41) is 29.1. The van der Waals surface area contributed by atoms with Crippen LogP contribution in [0.2, 0.25) is 0 Å². The van der Waals surface area contributed by atoms with Gasteiger partial charge >= 0.3 is 5.97 Å². The molecule has 2 fully saturated rings. The third kappa shape index (κ3) is 17.6. The van der Waals surface area contributed by atoms with Gasteiger partial charge in [0.15, 0.2) is 5.82 Å². The van der Waals surface area contributed by atoms with Crippen LogP contribution < -0.4 is 14.8 Å². The third-order valence-electron chi connectivity index (χ3n) is 13.7. The highest BCUT2D eigenvalue weighted by molar-refractivity contribution is 7.89. The fourth-order valence-corrected chi connectivity index (χ4v) is 12.8. The monoisotopic (exact) mass is 1140 g/mol. The number of piperidine rings is 2. The number of fused-ring (bicyclic) bond motifs is 2. The summed E-state index contributed by atoms with van der Waals surface area (Å²) in [4.78, 5) is 30.2. The van der Waals surface area contributed by atoms with Gasteiger partial charge in [0.25, 0.3) is 0 Å². The van der Waals surface area contributed by atoms with Gasteiger partial charge in [0, 0.05) is 53.4 Å². The van der Waals surface area contributed by atoms with Gasteiger partial charge in [-0.25, -0.2) is 21.6 Å². The van der Waals surface area contributed by atoms with E-state index in [2.05, 4.69) is 44.6 Å². The number of sulfonamides is 2. The Labute approximate surface area is 463 Å². The van der Waals surface area contributed by atoms with Crippen LogP contribution in [0.3, 0.4) is 0 Å². The van der Waals surface area contributed by atoms with Crippen molar-refractivity contribution in [1.82, 2.24) is 58.2 Å². The molecule has 0 bridgehead atoms. The number of aliphatic carboxylic acids is 1. The number of hydrogen-bond donors (Lipinski definition) is 2. The minimum atomic E-state index is -3.71. The maximum atomic E-state index is 13.1. The number of aromatic nitrogens is 6. The Morgan fingerprint density at radius 1 is 0.623 bits per heavy atom. The first kappa shape index (κ1) is 64.8. The van der Waals surface area contributed by atoms with Crippen molar-refractivity contribution in [3.05, 3.63) is 69.8 Å². The number of amides is 1. The SMILES string of the molecule is C.C1CCN(Cc2nnc3n2CCNC3)CC1.COc1cc(C)c(S(=O)(=O)N(C)CCOCC(=O)N2CCn3c(CN4CCCCC4)nnc3C2)c(C)c1.COc1cc(C)c(S(=O)(=O)N(C)CCOCC(=O)O)c(C)c1.S. The molecule has 2 aromatic carbocycles. The largest absolute Gasteiger partial charge is 0.497 e. The zero-order chi connectivity index (χ0) is 54.3. The number of benzene rings is 2. The van der Waals surface area contributed by atoms with Gasteiger partial charge in [0.1, 0.15) is 42.2 Å². The number of aryl methyl sites for hydroxylation is 4. The number of carboxylic acid groups (broad SMARTS) is 1. The van der Waals surface area contributed by atoms with Crippen LogP contribution in [0, 0.1) is 27.7 Å². The lowest BCUT2D eigenvalue weighted by Gasteiger charge is -2.29. The Morgan fingerprint density at radius 3 is 1.49 bits per heavy atom. The predicted molar refractivity (Wildman–Crippen MR) is 296 cm³/mol. The van der Waals surface area contributed by atoms with Crippen LogP contribution in [0.15, 0.2) is 34.1 Å². The molecular formula is C51H84N12O11S3. The number of ether oxygens (including phenoxy) is 4. The van der Waals surface area contributed by atoms with E-state index in [0.717, 1.165) is 73.4 Å². The van der Waals surface area contributed by atoms with E-state index in [1.165, 1.54) is 77.1 Å². The molecule has 4 aliphatic rings. The highest BCUT2D eigenvalue weighted by Crippen LogP contribution is 2.29. The molecule has 0 atom stereocenters. The molecule has 6 heterocycles. The minimum Gasteiger partial charge on any atom is -0.497 e. The average molecular weight is 1140 g/mol. The maximum absolute atomic E-state index is 13.1. The van der Waals surface area contributed by atoms with E-state index in [-0.39, 0.29) is 69.5 Å². The third-order valence-corrected chi connectivity index (χ3v) is 18.1. The smallest absolute Gasteiger partial charge is 0.329 e. The number of carbonyl (C=O) groups excluding carboxylic acids is 1. The zero-order valence-electron chi connectivity index (χ0n) is 45.5. The van der Waals surface area contributed by atoms with E-state index in [4.69, 9.17) is 24.1 Å².